The molecule has 0 aliphatic carbocycles. The summed E-state index contributed by atoms with van der Waals surface area (Å²) in [6, 6.07) is 12.2. The molecule has 0 spiro atoms. The Kier molecular flexibility index (Phi) is 3.09. The maximum atomic E-state index is 10.8. The van der Waals surface area contributed by atoms with E-state index >= 15 is 0 Å². The number of nitro benzene ring substituents is 1. The number of hydrogen-bond acceptors (Lipinski definition) is 4. The fourth-order valence-electron chi connectivity index (χ4n) is 2.27. The van der Waals surface area contributed by atoms with Gasteiger partial charge in [0, 0.05) is 42.0 Å². The second kappa shape index (κ2) is 5.06. The number of nitriles is 1. The van der Waals surface area contributed by atoms with Crippen LogP contribution in [0.4, 0.5) is 5.69 Å². The number of pyridine rings is 1. The standard InChI is InChI=1S/C15H10N4O2/c16-9-13-7-11(3-5-17-13)10-18-6-4-12-8-14(19(20)21)1-2-15(12)18/h1-8H,10H2. The van der Waals surface area contributed by atoms with E-state index in [4.69, 9.17) is 5.26 Å². The minimum atomic E-state index is -0.404. The largest absolute Gasteiger partial charge is 0.343 e. The molecule has 0 radical (unpaired) electrons. The summed E-state index contributed by atoms with van der Waals surface area (Å²) in [4.78, 5) is 14.3. The molecule has 0 amide bonds. The molecule has 0 saturated carbocycles. The van der Waals surface area contributed by atoms with Gasteiger partial charge in [0.05, 0.1) is 4.92 Å². The van der Waals surface area contributed by atoms with E-state index in [0.717, 1.165) is 16.5 Å². The summed E-state index contributed by atoms with van der Waals surface area (Å²) in [6.07, 6.45) is 3.48. The molecule has 102 valence electrons. The van der Waals surface area contributed by atoms with Crippen molar-refractivity contribution in [1.82, 2.24) is 9.55 Å². The van der Waals surface area contributed by atoms with Crippen molar-refractivity contribution in [2.24, 2.45) is 0 Å². The van der Waals surface area contributed by atoms with Crippen LogP contribution in [0.1, 0.15) is 11.3 Å². The van der Waals surface area contributed by atoms with Crippen LogP contribution < -0.4 is 0 Å². The summed E-state index contributed by atoms with van der Waals surface area (Å²) in [5.41, 5.74) is 2.32. The average Bonchev–Trinajstić information content (AvgIpc) is 2.90. The van der Waals surface area contributed by atoms with Crippen molar-refractivity contribution in [3.05, 3.63) is 70.2 Å². The van der Waals surface area contributed by atoms with Gasteiger partial charge in [-0.15, -0.1) is 0 Å². The highest BCUT2D eigenvalue weighted by molar-refractivity contribution is 5.82. The third-order valence-corrected chi connectivity index (χ3v) is 3.26. The van der Waals surface area contributed by atoms with Gasteiger partial charge in [0.2, 0.25) is 0 Å². The highest BCUT2D eigenvalue weighted by Gasteiger charge is 2.09. The highest BCUT2D eigenvalue weighted by atomic mass is 16.6. The first-order valence-electron chi connectivity index (χ1n) is 6.26. The number of non-ortho nitro benzene ring substituents is 1. The van der Waals surface area contributed by atoms with Gasteiger partial charge in [-0.2, -0.15) is 5.26 Å². The third kappa shape index (κ3) is 2.44. The first-order chi connectivity index (χ1) is 10.2. The average molecular weight is 278 g/mol. The lowest BCUT2D eigenvalue weighted by Crippen LogP contribution is -1.99. The van der Waals surface area contributed by atoms with E-state index in [1.165, 1.54) is 6.07 Å². The van der Waals surface area contributed by atoms with Crippen molar-refractivity contribution in [3.8, 4) is 6.07 Å². The zero-order chi connectivity index (χ0) is 14.8. The molecule has 2 aromatic heterocycles. The lowest BCUT2D eigenvalue weighted by molar-refractivity contribution is -0.384. The van der Waals surface area contributed by atoms with Gasteiger partial charge in [-0.05, 0) is 29.8 Å². The molecule has 3 rings (SSSR count). The van der Waals surface area contributed by atoms with Crippen molar-refractivity contribution in [1.29, 1.82) is 5.26 Å². The van der Waals surface area contributed by atoms with Crippen molar-refractivity contribution in [3.63, 3.8) is 0 Å². The van der Waals surface area contributed by atoms with Gasteiger partial charge in [0.25, 0.3) is 5.69 Å². The van der Waals surface area contributed by atoms with Gasteiger partial charge >= 0.3 is 0 Å². The van der Waals surface area contributed by atoms with E-state index in [0.29, 0.717) is 12.2 Å². The topological polar surface area (TPSA) is 84.8 Å². The lowest BCUT2D eigenvalue weighted by atomic mass is 10.2. The number of hydrogen-bond donors (Lipinski definition) is 0. The molecule has 0 bridgehead atoms. The van der Waals surface area contributed by atoms with Crippen LogP contribution in [0.15, 0.2) is 48.8 Å². The first kappa shape index (κ1) is 12.8. The van der Waals surface area contributed by atoms with Gasteiger partial charge in [-0.25, -0.2) is 4.98 Å². The Morgan fingerprint density at radius 1 is 1.29 bits per heavy atom. The second-order valence-corrected chi connectivity index (χ2v) is 4.61. The molecule has 3 aromatic rings. The smallest absolute Gasteiger partial charge is 0.270 e. The zero-order valence-electron chi connectivity index (χ0n) is 10.9. The molecule has 0 aliphatic rings. The second-order valence-electron chi connectivity index (χ2n) is 4.61. The molecule has 21 heavy (non-hydrogen) atoms. The molecule has 2 heterocycles. The van der Waals surface area contributed by atoms with E-state index in [1.54, 1.807) is 24.4 Å². The minimum Gasteiger partial charge on any atom is -0.343 e. The van der Waals surface area contributed by atoms with Crippen LogP contribution in [0.3, 0.4) is 0 Å². The van der Waals surface area contributed by atoms with E-state index in [9.17, 15) is 10.1 Å². The number of rotatable bonds is 3. The van der Waals surface area contributed by atoms with Gasteiger partial charge in [0.15, 0.2) is 0 Å². The van der Waals surface area contributed by atoms with Crippen LogP contribution in [0.5, 0.6) is 0 Å². The fraction of sp³-hybridized carbons (Fsp3) is 0.0667. The predicted molar refractivity (Wildman–Crippen MR) is 76.6 cm³/mol. The lowest BCUT2D eigenvalue weighted by Gasteiger charge is -2.05. The van der Waals surface area contributed by atoms with Crippen molar-refractivity contribution >= 4 is 16.6 Å². The molecule has 0 fully saturated rings. The van der Waals surface area contributed by atoms with Crippen LogP contribution in [0, 0.1) is 21.4 Å². The maximum Gasteiger partial charge on any atom is 0.270 e. The summed E-state index contributed by atoms with van der Waals surface area (Å²) >= 11 is 0. The van der Waals surface area contributed by atoms with Crippen LogP contribution in [0.2, 0.25) is 0 Å². The molecule has 0 saturated heterocycles. The SMILES string of the molecule is N#Cc1cc(Cn2ccc3cc([N+](=O)[O-])ccc32)ccn1. The Bertz CT molecular complexity index is 877. The Morgan fingerprint density at radius 2 is 2.14 bits per heavy atom. The van der Waals surface area contributed by atoms with E-state index in [-0.39, 0.29) is 5.69 Å². The summed E-state index contributed by atoms with van der Waals surface area (Å²) < 4.78 is 1.98. The van der Waals surface area contributed by atoms with Gasteiger partial charge in [-0.3, -0.25) is 10.1 Å². The third-order valence-electron chi connectivity index (χ3n) is 3.26. The Labute approximate surface area is 120 Å². The molecule has 0 unspecified atom stereocenters. The highest BCUT2D eigenvalue weighted by Crippen LogP contribution is 2.22. The van der Waals surface area contributed by atoms with Crippen LogP contribution in [-0.2, 0) is 6.54 Å². The molecule has 0 N–H and O–H groups in total. The molecule has 6 heteroatoms. The van der Waals surface area contributed by atoms with E-state index < -0.39 is 4.92 Å². The minimum absolute atomic E-state index is 0.0796. The molecular weight excluding hydrogens is 268 g/mol. The van der Waals surface area contributed by atoms with Crippen LogP contribution in [0.25, 0.3) is 10.9 Å². The van der Waals surface area contributed by atoms with E-state index in [1.807, 2.05) is 29.0 Å². The summed E-state index contributed by atoms with van der Waals surface area (Å²) in [7, 11) is 0. The molecule has 1 aromatic carbocycles. The maximum absolute atomic E-state index is 10.8. The zero-order valence-corrected chi connectivity index (χ0v) is 10.9. The predicted octanol–water partition coefficient (Wildman–Crippen LogP) is 2.86. The molecular formula is C15H10N4O2. The number of aromatic nitrogens is 2. The van der Waals surface area contributed by atoms with E-state index in [2.05, 4.69) is 4.98 Å². The number of fused-ring (bicyclic) bond motifs is 1. The number of benzene rings is 1. The van der Waals surface area contributed by atoms with Gasteiger partial charge < -0.3 is 4.57 Å². The molecule has 6 nitrogen and oxygen atoms in total. The Balaban J connectivity index is 1.98. The van der Waals surface area contributed by atoms with Crippen molar-refractivity contribution < 1.29 is 4.92 Å². The normalized spacial score (nSPS) is 10.4. The monoisotopic (exact) mass is 278 g/mol. The van der Waals surface area contributed by atoms with Gasteiger partial charge in [0.1, 0.15) is 11.8 Å². The Hall–Kier alpha value is -3.20. The van der Waals surface area contributed by atoms with Crippen LogP contribution >= 0.6 is 0 Å². The summed E-state index contributed by atoms with van der Waals surface area (Å²) in [5, 5.41) is 20.5. The Morgan fingerprint density at radius 3 is 2.90 bits per heavy atom. The van der Waals surface area contributed by atoms with Crippen LogP contribution in [-0.4, -0.2) is 14.5 Å². The van der Waals surface area contributed by atoms with Gasteiger partial charge in [-0.1, -0.05) is 0 Å². The quantitative estimate of drug-likeness (QED) is 0.544. The number of nitro groups is 1. The van der Waals surface area contributed by atoms with Crippen molar-refractivity contribution in [2.45, 2.75) is 6.54 Å². The number of nitrogens with zero attached hydrogens (tertiary/aromatic N) is 4. The summed E-state index contributed by atoms with van der Waals surface area (Å²) in [6.45, 7) is 0.582. The van der Waals surface area contributed by atoms with Crippen molar-refractivity contribution in [2.75, 3.05) is 0 Å². The molecule has 0 atom stereocenters. The first-order valence-corrected chi connectivity index (χ1v) is 6.26. The fourth-order valence-corrected chi connectivity index (χ4v) is 2.27. The molecule has 0 aliphatic heterocycles. The summed E-state index contributed by atoms with van der Waals surface area (Å²) in [5.74, 6) is 0.